The second-order valence-corrected chi connectivity index (χ2v) is 8.75. The van der Waals surface area contributed by atoms with Gasteiger partial charge in [0.15, 0.2) is 0 Å². The molecule has 0 aliphatic carbocycles. The van der Waals surface area contributed by atoms with E-state index in [9.17, 15) is 18.4 Å². The number of aromatic nitrogens is 6. The Morgan fingerprint density at radius 3 is 2.67 bits per heavy atom. The van der Waals surface area contributed by atoms with E-state index >= 15 is 0 Å². The first kappa shape index (κ1) is 23.7. The van der Waals surface area contributed by atoms with E-state index in [1.807, 2.05) is 11.6 Å². The second-order valence-electron chi connectivity index (χ2n) is 8.75. The van der Waals surface area contributed by atoms with Crippen molar-refractivity contribution < 1.29 is 17.9 Å². The molecule has 4 aromatic heterocycles. The molecule has 1 unspecified atom stereocenters. The molecular formula is C24H23F3N8O. The molecule has 1 N–H and O–H groups in total. The molecule has 1 atom stereocenters. The molecule has 0 amide bonds. The molecule has 4 aromatic rings. The topological polar surface area (TPSA) is 106 Å². The zero-order chi connectivity index (χ0) is 25.4. The Morgan fingerprint density at radius 1 is 1.17 bits per heavy atom. The molecule has 36 heavy (non-hydrogen) atoms. The van der Waals surface area contributed by atoms with Crippen LogP contribution >= 0.6 is 0 Å². The number of halogens is 3. The van der Waals surface area contributed by atoms with E-state index in [0.29, 0.717) is 16.9 Å². The van der Waals surface area contributed by atoms with Gasteiger partial charge in [-0.25, -0.2) is 9.67 Å². The van der Waals surface area contributed by atoms with Crippen LogP contribution in [0.5, 0.6) is 5.88 Å². The average molecular weight is 496 g/mol. The smallest absolute Gasteiger partial charge is 0.417 e. The molecule has 12 heteroatoms. The van der Waals surface area contributed by atoms with E-state index in [1.165, 1.54) is 16.8 Å². The highest BCUT2D eigenvalue weighted by Gasteiger charge is 2.31. The predicted molar refractivity (Wildman–Crippen MR) is 123 cm³/mol. The molecule has 186 valence electrons. The Morgan fingerprint density at radius 2 is 1.94 bits per heavy atom. The first-order valence-corrected chi connectivity index (χ1v) is 11.5. The molecule has 1 saturated heterocycles. The number of rotatable bonds is 5. The first-order chi connectivity index (χ1) is 17.3. The highest BCUT2D eigenvalue weighted by molar-refractivity contribution is 5.68. The zero-order valence-electron chi connectivity index (χ0n) is 19.6. The summed E-state index contributed by atoms with van der Waals surface area (Å²) >= 11 is 0. The summed E-state index contributed by atoms with van der Waals surface area (Å²) in [7, 11) is 0. The Hall–Kier alpha value is -3.98. The molecule has 0 saturated carbocycles. The van der Waals surface area contributed by atoms with Gasteiger partial charge in [-0.05, 0) is 51.9 Å². The van der Waals surface area contributed by atoms with E-state index in [0.717, 1.165) is 43.9 Å². The lowest BCUT2D eigenvalue weighted by atomic mass is 10.1. The Kier molecular flexibility index (Phi) is 6.09. The van der Waals surface area contributed by atoms with Gasteiger partial charge in [0.05, 0.1) is 23.5 Å². The lowest BCUT2D eigenvalue weighted by Gasteiger charge is -2.23. The number of hydrogen-bond donors (Lipinski definition) is 1. The van der Waals surface area contributed by atoms with Crippen LogP contribution in [0.15, 0.2) is 36.8 Å². The van der Waals surface area contributed by atoms with Crippen molar-refractivity contribution in [3.05, 3.63) is 59.3 Å². The normalized spacial score (nSPS) is 15.7. The SMILES string of the molecule is Cc1c(-c2cc(OC(C)c3cncc(C(F)(F)F)c3)n3c(C#N)cnc3c2)nnn1C1CCNCC1. The minimum atomic E-state index is -4.52. The van der Waals surface area contributed by atoms with Crippen LogP contribution in [-0.4, -0.2) is 42.5 Å². The van der Waals surface area contributed by atoms with Crippen LogP contribution in [0.4, 0.5) is 13.2 Å². The van der Waals surface area contributed by atoms with Crippen molar-refractivity contribution in [2.75, 3.05) is 13.1 Å². The quantitative estimate of drug-likeness (QED) is 0.440. The largest absolute Gasteiger partial charge is 0.471 e. The molecule has 5 heterocycles. The van der Waals surface area contributed by atoms with Crippen LogP contribution in [-0.2, 0) is 6.18 Å². The van der Waals surface area contributed by atoms with Gasteiger partial charge < -0.3 is 10.1 Å². The lowest BCUT2D eigenvalue weighted by molar-refractivity contribution is -0.137. The van der Waals surface area contributed by atoms with E-state index in [-0.39, 0.29) is 23.2 Å². The van der Waals surface area contributed by atoms with Crippen molar-refractivity contribution in [1.82, 2.24) is 34.7 Å². The summed E-state index contributed by atoms with van der Waals surface area (Å²) in [4.78, 5) is 8.05. The summed E-state index contributed by atoms with van der Waals surface area (Å²) in [6.45, 7) is 5.40. The second kappa shape index (κ2) is 9.23. The number of fused-ring (bicyclic) bond motifs is 1. The minimum Gasteiger partial charge on any atom is -0.471 e. The molecule has 0 bridgehead atoms. The number of alkyl halides is 3. The van der Waals surface area contributed by atoms with Crippen LogP contribution in [0, 0.1) is 18.3 Å². The summed E-state index contributed by atoms with van der Waals surface area (Å²) in [5.74, 6) is 0.247. The number of piperidine rings is 1. The first-order valence-electron chi connectivity index (χ1n) is 11.5. The Bertz CT molecular complexity index is 1450. The number of imidazole rings is 1. The van der Waals surface area contributed by atoms with Crippen molar-refractivity contribution in [3.63, 3.8) is 0 Å². The van der Waals surface area contributed by atoms with Crippen molar-refractivity contribution in [3.8, 4) is 23.2 Å². The van der Waals surface area contributed by atoms with Crippen LogP contribution in [0.1, 0.15) is 54.4 Å². The summed E-state index contributed by atoms with van der Waals surface area (Å²) in [5, 5.41) is 21.7. The maximum atomic E-state index is 13.2. The number of nitriles is 1. The van der Waals surface area contributed by atoms with Gasteiger partial charge in [0.1, 0.15) is 29.2 Å². The molecule has 0 radical (unpaired) electrons. The number of nitrogens with one attached hydrogen (secondary N) is 1. The molecule has 5 rings (SSSR count). The maximum absolute atomic E-state index is 13.2. The summed E-state index contributed by atoms with van der Waals surface area (Å²) in [5.41, 5.74) is 2.28. The van der Waals surface area contributed by atoms with Gasteiger partial charge in [0, 0.05) is 29.6 Å². The number of nitrogens with zero attached hydrogens (tertiary/aromatic N) is 7. The number of hydrogen-bond acceptors (Lipinski definition) is 7. The third-order valence-corrected chi connectivity index (χ3v) is 6.40. The molecular weight excluding hydrogens is 473 g/mol. The average Bonchev–Trinajstić information content (AvgIpc) is 3.47. The standard InChI is InChI=1S/C24H23F3N8O/c1-14-23(32-33-35(14)19-3-5-29-6-4-19)16-8-21-31-13-20(10-28)34(21)22(9-16)36-15(2)17-7-18(12-30-11-17)24(25,26)27/h7-9,11-13,15,19,29H,3-6H2,1-2H3. The van der Waals surface area contributed by atoms with Gasteiger partial charge in [-0.15, -0.1) is 5.10 Å². The third kappa shape index (κ3) is 4.37. The summed E-state index contributed by atoms with van der Waals surface area (Å²) < 4.78 is 49.1. The predicted octanol–water partition coefficient (Wildman–Crippen LogP) is 4.25. The zero-order valence-corrected chi connectivity index (χ0v) is 19.6. The maximum Gasteiger partial charge on any atom is 0.417 e. The lowest BCUT2D eigenvalue weighted by Crippen LogP contribution is -2.30. The van der Waals surface area contributed by atoms with E-state index in [1.54, 1.807) is 19.1 Å². The fourth-order valence-electron chi connectivity index (χ4n) is 4.47. The Labute approximate surface area is 204 Å². The van der Waals surface area contributed by atoms with Crippen molar-refractivity contribution in [2.45, 2.75) is 45.0 Å². The molecule has 0 spiro atoms. The van der Waals surface area contributed by atoms with Crippen LogP contribution in [0.2, 0.25) is 0 Å². The van der Waals surface area contributed by atoms with Gasteiger partial charge in [-0.1, -0.05) is 5.21 Å². The Balaban J connectivity index is 1.54. The van der Waals surface area contributed by atoms with Crippen molar-refractivity contribution in [1.29, 1.82) is 5.26 Å². The third-order valence-electron chi connectivity index (χ3n) is 6.40. The molecule has 1 fully saturated rings. The molecule has 1 aliphatic rings. The van der Waals surface area contributed by atoms with Gasteiger partial charge in [-0.2, -0.15) is 18.4 Å². The van der Waals surface area contributed by atoms with Crippen LogP contribution < -0.4 is 10.1 Å². The highest BCUT2D eigenvalue weighted by atomic mass is 19.4. The fourth-order valence-corrected chi connectivity index (χ4v) is 4.47. The summed E-state index contributed by atoms with van der Waals surface area (Å²) in [6, 6.07) is 6.82. The van der Waals surface area contributed by atoms with E-state index in [2.05, 4.69) is 31.7 Å². The van der Waals surface area contributed by atoms with E-state index < -0.39 is 17.8 Å². The molecule has 1 aliphatic heterocycles. The van der Waals surface area contributed by atoms with Crippen LogP contribution in [0.25, 0.3) is 16.9 Å². The van der Waals surface area contributed by atoms with Crippen LogP contribution in [0.3, 0.4) is 0 Å². The highest BCUT2D eigenvalue weighted by Crippen LogP contribution is 2.34. The number of ether oxygens (including phenoxy) is 1. The number of pyridine rings is 2. The van der Waals surface area contributed by atoms with E-state index in [4.69, 9.17) is 4.74 Å². The monoisotopic (exact) mass is 496 g/mol. The van der Waals surface area contributed by atoms with Gasteiger partial charge in [0.25, 0.3) is 0 Å². The molecule has 0 aromatic carbocycles. The summed E-state index contributed by atoms with van der Waals surface area (Å²) in [6.07, 6.45) is 0.102. The van der Waals surface area contributed by atoms with Gasteiger partial charge in [-0.3, -0.25) is 9.38 Å². The van der Waals surface area contributed by atoms with Crippen molar-refractivity contribution in [2.24, 2.45) is 0 Å². The minimum absolute atomic E-state index is 0.232. The molecule has 9 nitrogen and oxygen atoms in total. The fraction of sp³-hybridized carbons (Fsp3) is 0.375. The van der Waals surface area contributed by atoms with Crippen molar-refractivity contribution >= 4 is 5.65 Å². The van der Waals surface area contributed by atoms with Gasteiger partial charge in [0.2, 0.25) is 5.88 Å². The van der Waals surface area contributed by atoms with Gasteiger partial charge >= 0.3 is 6.18 Å².